The molecule has 2 saturated carbocycles. The molecule has 3 amide bonds. The van der Waals surface area contributed by atoms with Crippen molar-refractivity contribution in [1.29, 1.82) is 0 Å². The highest BCUT2D eigenvalue weighted by atomic mass is 16.4. The highest BCUT2D eigenvalue weighted by Gasteiger charge is 2.48. The SMILES string of the molecule is CC(NC(=O)NCCCC(=O)NC1CC1)(C(=O)O)C1CC1. The fourth-order valence-electron chi connectivity index (χ4n) is 2.25. The van der Waals surface area contributed by atoms with E-state index < -0.39 is 17.5 Å². The van der Waals surface area contributed by atoms with Gasteiger partial charge in [-0.15, -0.1) is 0 Å². The molecule has 0 aromatic carbocycles. The summed E-state index contributed by atoms with van der Waals surface area (Å²) in [7, 11) is 0. The Balaban J connectivity index is 1.62. The van der Waals surface area contributed by atoms with Crippen LogP contribution in [0.5, 0.6) is 0 Å². The smallest absolute Gasteiger partial charge is 0.329 e. The van der Waals surface area contributed by atoms with Crippen LogP contribution in [0.25, 0.3) is 0 Å². The number of hydrogen-bond donors (Lipinski definition) is 4. The Hall–Kier alpha value is -1.79. The van der Waals surface area contributed by atoms with Crippen LogP contribution in [0, 0.1) is 5.92 Å². The average Bonchev–Trinajstić information content (AvgIpc) is 3.25. The minimum Gasteiger partial charge on any atom is -0.480 e. The van der Waals surface area contributed by atoms with Crippen molar-refractivity contribution in [3.63, 3.8) is 0 Å². The van der Waals surface area contributed by atoms with Crippen LogP contribution in [-0.4, -0.2) is 41.1 Å². The van der Waals surface area contributed by atoms with E-state index >= 15 is 0 Å². The third-order valence-electron chi connectivity index (χ3n) is 4.02. The number of hydrogen-bond acceptors (Lipinski definition) is 3. The van der Waals surface area contributed by atoms with E-state index in [0.717, 1.165) is 25.7 Å². The second-order valence-corrected chi connectivity index (χ2v) is 6.11. The Bertz CT molecular complexity index is 432. The molecule has 2 fully saturated rings. The first-order valence-electron chi connectivity index (χ1n) is 7.50. The van der Waals surface area contributed by atoms with Crippen molar-refractivity contribution in [1.82, 2.24) is 16.0 Å². The van der Waals surface area contributed by atoms with Gasteiger partial charge in [-0.25, -0.2) is 9.59 Å². The molecule has 1 atom stereocenters. The lowest BCUT2D eigenvalue weighted by Crippen LogP contribution is -2.56. The maximum atomic E-state index is 11.7. The number of carbonyl (C=O) groups is 3. The molecule has 21 heavy (non-hydrogen) atoms. The predicted molar refractivity (Wildman–Crippen MR) is 75.7 cm³/mol. The Kier molecular flexibility index (Phi) is 4.69. The van der Waals surface area contributed by atoms with Crippen molar-refractivity contribution < 1.29 is 19.5 Å². The summed E-state index contributed by atoms with van der Waals surface area (Å²) in [5.41, 5.74) is -1.20. The number of carbonyl (C=O) groups excluding carboxylic acids is 2. The van der Waals surface area contributed by atoms with Crippen molar-refractivity contribution in [2.45, 2.75) is 57.0 Å². The Morgan fingerprint density at radius 1 is 1.19 bits per heavy atom. The Labute approximate surface area is 123 Å². The second-order valence-electron chi connectivity index (χ2n) is 6.11. The average molecular weight is 297 g/mol. The van der Waals surface area contributed by atoms with Crippen LogP contribution < -0.4 is 16.0 Å². The highest BCUT2D eigenvalue weighted by molar-refractivity contribution is 5.86. The van der Waals surface area contributed by atoms with Crippen LogP contribution >= 0.6 is 0 Å². The van der Waals surface area contributed by atoms with E-state index in [4.69, 9.17) is 0 Å². The van der Waals surface area contributed by atoms with Crippen molar-refractivity contribution >= 4 is 17.9 Å². The van der Waals surface area contributed by atoms with Crippen molar-refractivity contribution in [2.24, 2.45) is 5.92 Å². The maximum absolute atomic E-state index is 11.7. The van der Waals surface area contributed by atoms with Gasteiger partial charge in [0.05, 0.1) is 0 Å². The molecule has 0 aromatic rings. The molecular formula is C14H23N3O4. The molecule has 0 saturated heterocycles. The first-order valence-corrected chi connectivity index (χ1v) is 7.50. The first kappa shape index (κ1) is 15.6. The molecule has 0 radical (unpaired) electrons. The van der Waals surface area contributed by atoms with Gasteiger partial charge in [-0.3, -0.25) is 4.79 Å². The molecule has 118 valence electrons. The zero-order valence-corrected chi connectivity index (χ0v) is 12.3. The highest BCUT2D eigenvalue weighted by Crippen LogP contribution is 2.39. The summed E-state index contributed by atoms with van der Waals surface area (Å²) in [5, 5.41) is 17.2. The van der Waals surface area contributed by atoms with Gasteiger partial charge in [0.2, 0.25) is 5.91 Å². The van der Waals surface area contributed by atoms with Gasteiger partial charge in [-0.1, -0.05) is 0 Å². The van der Waals surface area contributed by atoms with Crippen LogP contribution in [0.4, 0.5) is 4.79 Å². The third-order valence-corrected chi connectivity index (χ3v) is 4.02. The summed E-state index contributed by atoms with van der Waals surface area (Å²) >= 11 is 0. The molecule has 7 heteroatoms. The Morgan fingerprint density at radius 2 is 1.86 bits per heavy atom. The van der Waals surface area contributed by atoms with Gasteiger partial charge in [0.25, 0.3) is 0 Å². The number of aliphatic carboxylic acids is 1. The van der Waals surface area contributed by atoms with Crippen LogP contribution in [0.3, 0.4) is 0 Å². The zero-order valence-electron chi connectivity index (χ0n) is 12.3. The predicted octanol–water partition coefficient (Wildman–Crippen LogP) is 0.598. The van der Waals surface area contributed by atoms with Gasteiger partial charge in [0.15, 0.2) is 0 Å². The van der Waals surface area contributed by atoms with Gasteiger partial charge in [0, 0.05) is 19.0 Å². The fraction of sp³-hybridized carbons (Fsp3) is 0.786. The maximum Gasteiger partial charge on any atom is 0.329 e. The molecule has 0 aliphatic heterocycles. The van der Waals surface area contributed by atoms with E-state index in [1.165, 1.54) is 6.92 Å². The van der Waals surface area contributed by atoms with Gasteiger partial charge < -0.3 is 21.1 Å². The summed E-state index contributed by atoms with van der Waals surface area (Å²) < 4.78 is 0. The monoisotopic (exact) mass is 297 g/mol. The summed E-state index contributed by atoms with van der Waals surface area (Å²) in [5.74, 6) is -0.998. The van der Waals surface area contributed by atoms with Crippen LogP contribution in [0.2, 0.25) is 0 Å². The summed E-state index contributed by atoms with van der Waals surface area (Å²) in [6.07, 6.45) is 4.67. The molecule has 0 heterocycles. The molecule has 2 rings (SSSR count). The van der Waals surface area contributed by atoms with E-state index in [9.17, 15) is 19.5 Å². The van der Waals surface area contributed by atoms with Gasteiger partial charge >= 0.3 is 12.0 Å². The first-order chi connectivity index (χ1) is 9.91. The van der Waals surface area contributed by atoms with E-state index in [-0.39, 0.29) is 11.8 Å². The molecule has 0 spiro atoms. The van der Waals surface area contributed by atoms with Crippen molar-refractivity contribution in [2.75, 3.05) is 6.54 Å². The molecule has 4 N–H and O–H groups in total. The van der Waals surface area contributed by atoms with Gasteiger partial charge in [-0.05, 0) is 44.9 Å². The minimum atomic E-state index is -1.20. The molecule has 7 nitrogen and oxygen atoms in total. The number of rotatable bonds is 8. The summed E-state index contributed by atoms with van der Waals surface area (Å²) in [4.78, 5) is 34.4. The lowest BCUT2D eigenvalue weighted by molar-refractivity contribution is -0.144. The summed E-state index contributed by atoms with van der Waals surface area (Å²) in [6, 6.07) is -0.141. The number of carboxylic acids is 1. The molecule has 0 aromatic heterocycles. The Morgan fingerprint density at radius 3 is 2.38 bits per heavy atom. The number of amides is 3. The molecule has 1 unspecified atom stereocenters. The van der Waals surface area contributed by atoms with Crippen LogP contribution in [0.1, 0.15) is 45.4 Å². The summed E-state index contributed by atoms with van der Waals surface area (Å²) in [6.45, 7) is 1.89. The molecule has 2 aliphatic carbocycles. The number of nitrogens with one attached hydrogen (secondary N) is 3. The lowest BCUT2D eigenvalue weighted by atomic mass is 9.96. The standard InChI is InChI=1S/C14H23N3O4/c1-14(12(19)20,9-4-5-9)17-13(21)15-8-2-3-11(18)16-10-6-7-10/h9-10H,2-8H2,1H3,(H,16,18)(H,19,20)(H2,15,17,21). The third kappa shape index (κ3) is 4.61. The van der Waals surface area contributed by atoms with Crippen molar-refractivity contribution in [3.8, 4) is 0 Å². The quantitative estimate of drug-likeness (QED) is 0.492. The normalized spacial score (nSPS) is 20.2. The number of urea groups is 1. The van der Waals surface area contributed by atoms with E-state index in [2.05, 4.69) is 16.0 Å². The largest absolute Gasteiger partial charge is 0.480 e. The van der Waals surface area contributed by atoms with Gasteiger partial charge in [0.1, 0.15) is 5.54 Å². The minimum absolute atomic E-state index is 0.00469. The lowest BCUT2D eigenvalue weighted by Gasteiger charge is -2.26. The van der Waals surface area contributed by atoms with E-state index in [1.54, 1.807) is 0 Å². The van der Waals surface area contributed by atoms with Crippen molar-refractivity contribution in [3.05, 3.63) is 0 Å². The molecule has 2 aliphatic rings. The van der Waals surface area contributed by atoms with E-state index in [0.29, 0.717) is 25.4 Å². The van der Waals surface area contributed by atoms with Crippen LogP contribution in [0.15, 0.2) is 0 Å². The topological polar surface area (TPSA) is 108 Å². The fourth-order valence-corrected chi connectivity index (χ4v) is 2.25. The zero-order chi connectivity index (χ0) is 15.5. The molecule has 0 bridgehead atoms. The van der Waals surface area contributed by atoms with Gasteiger partial charge in [-0.2, -0.15) is 0 Å². The number of carboxylic acid groups (broad SMARTS) is 1. The second kappa shape index (κ2) is 6.32. The van der Waals surface area contributed by atoms with E-state index in [1.807, 2.05) is 0 Å². The van der Waals surface area contributed by atoms with Crippen LogP contribution in [-0.2, 0) is 9.59 Å². The molecular weight excluding hydrogens is 274 g/mol.